The summed E-state index contributed by atoms with van der Waals surface area (Å²) < 4.78 is 10.6. The number of nitrogens with one attached hydrogen (secondary N) is 2. The minimum absolute atomic E-state index is 0.246. The Bertz CT molecular complexity index is 695. The van der Waals surface area contributed by atoms with E-state index in [1.165, 1.54) is 0 Å². The van der Waals surface area contributed by atoms with E-state index in [1.807, 2.05) is 6.92 Å². The number of hydrogen-bond acceptors (Lipinski definition) is 4. The van der Waals surface area contributed by atoms with E-state index in [2.05, 4.69) is 10.3 Å². The lowest BCUT2D eigenvalue weighted by molar-refractivity contribution is 0.0206. The second kappa shape index (κ2) is 4.79. The van der Waals surface area contributed by atoms with Gasteiger partial charge in [0.1, 0.15) is 0 Å². The van der Waals surface area contributed by atoms with Crippen molar-refractivity contribution in [2.45, 2.75) is 25.4 Å². The minimum atomic E-state index is -0.564. The molecule has 0 radical (unpaired) electrons. The number of oxazole rings is 1. The number of ether oxygens (including phenoxy) is 1. The van der Waals surface area contributed by atoms with E-state index in [0.29, 0.717) is 23.2 Å². The number of carbonyl (C=O) groups excluding carboxylic acids is 1. The molecule has 2 N–H and O–H groups in total. The fourth-order valence-electron chi connectivity index (χ4n) is 2.50. The largest absolute Gasteiger partial charge is 0.417 e. The maximum Gasteiger partial charge on any atom is 0.417 e. The average Bonchev–Trinajstić information content (AvgIpc) is 3.01. The Labute approximate surface area is 115 Å². The molecule has 1 aliphatic heterocycles. The number of aromatic amines is 1. The van der Waals surface area contributed by atoms with Gasteiger partial charge in [-0.15, -0.1) is 0 Å². The summed E-state index contributed by atoms with van der Waals surface area (Å²) >= 11 is 0. The molecule has 3 rings (SSSR count). The molecule has 20 heavy (non-hydrogen) atoms. The minimum Gasteiger partial charge on any atom is -0.408 e. The van der Waals surface area contributed by atoms with Gasteiger partial charge in [-0.25, -0.2) is 4.79 Å². The number of fused-ring (bicyclic) bond motifs is 1. The third-order valence-electron chi connectivity index (χ3n) is 3.62. The van der Waals surface area contributed by atoms with Gasteiger partial charge in [-0.1, -0.05) is 6.07 Å². The number of amides is 1. The van der Waals surface area contributed by atoms with Gasteiger partial charge in [0.25, 0.3) is 5.91 Å². The van der Waals surface area contributed by atoms with Crippen molar-refractivity contribution in [1.82, 2.24) is 10.3 Å². The monoisotopic (exact) mass is 276 g/mol. The summed E-state index contributed by atoms with van der Waals surface area (Å²) in [4.78, 5) is 26.0. The molecule has 1 aromatic heterocycles. The van der Waals surface area contributed by atoms with Crippen molar-refractivity contribution >= 4 is 17.0 Å². The van der Waals surface area contributed by atoms with Crippen molar-refractivity contribution in [3.05, 3.63) is 34.3 Å². The predicted molar refractivity (Wildman–Crippen MR) is 72.8 cm³/mol. The van der Waals surface area contributed by atoms with Gasteiger partial charge in [-0.2, -0.15) is 0 Å². The van der Waals surface area contributed by atoms with Crippen LogP contribution in [0.2, 0.25) is 0 Å². The van der Waals surface area contributed by atoms with Crippen molar-refractivity contribution in [1.29, 1.82) is 0 Å². The molecule has 0 bridgehead atoms. The van der Waals surface area contributed by atoms with Gasteiger partial charge < -0.3 is 14.5 Å². The lowest BCUT2D eigenvalue weighted by Gasteiger charge is -2.23. The third kappa shape index (κ3) is 2.34. The first-order chi connectivity index (χ1) is 9.57. The molecular formula is C14H16N2O4. The number of H-pyrrole nitrogens is 1. The summed E-state index contributed by atoms with van der Waals surface area (Å²) in [6, 6.07) is 4.98. The molecule has 1 atom stereocenters. The van der Waals surface area contributed by atoms with Crippen LogP contribution in [0.25, 0.3) is 11.1 Å². The molecular weight excluding hydrogens is 260 g/mol. The highest BCUT2D eigenvalue weighted by atomic mass is 16.5. The van der Waals surface area contributed by atoms with Gasteiger partial charge in [0.2, 0.25) is 0 Å². The SMILES string of the molecule is CC1(CNC(=O)c2cccc3oc(=O)[nH]c23)CCCO1. The van der Waals surface area contributed by atoms with Gasteiger partial charge in [-0.3, -0.25) is 9.78 Å². The normalized spacial score (nSPS) is 22.2. The van der Waals surface area contributed by atoms with E-state index in [1.54, 1.807) is 18.2 Å². The molecule has 1 aliphatic rings. The van der Waals surface area contributed by atoms with Crippen LogP contribution in [0.15, 0.2) is 27.4 Å². The van der Waals surface area contributed by atoms with Crippen LogP contribution < -0.4 is 11.1 Å². The fourth-order valence-corrected chi connectivity index (χ4v) is 2.50. The quantitative estimate of drug-likeness (QED) is 0.888. The molecule has 2 aromatic rings. The first-order valence-electron chi connectivity index (χ1n) is 6.61. The van der Waals surface area contributed by atoms with E-state index >= 15 is 0 Å². The maximum absolute atomic E-state index is 12.2. The van der Waals surface area contributed by atoms with E-state index in [4.69, 9.17) is 9.15 Å². The Balaban J connectivity index is 1.80. The van der Waals surface area contributed by atoms with Gasteiger partial charge in [-0.05, 0) is 31.9 Å². The van der Waals surface area contributed by atoms with Crippen LogP contribution in [0.5, 0.6) is 0 Å². The number of para-hydroxylation sites is 1. The zero-order valence-corrected chi connectivity index (χ0v) is 11.2. The molecule has 1 unspecified atom stereocenters. The smallest absolute Gasteiger partial charge is 0.408 e. The number of aromatic nitrogens is 1. The number of carbonyl (C=O) groups is 1. The summed E-state index contributed by atoms with van der Waals surface area (Å²) in [7, 11) is 0. The Morgan fingerprint density at radius 2 is 2.35 bits per heavy atom. The van der Waals surface area contributed by atoms with E-state index in [0.717, 1.165) is 19.4 Å². The average molecular weight is 276 g/mol. The highest BCUT2D eigenvalue weighted by molar-refractivity contribution is 6.04. The molecule has 1 fully saturated rings. The maximum atomic E-state index is 12.2. The molecule has 0 spiro atoms. The first-order valence-corrected chi connectivity index (χ1v) is 6.61. The molecule has 1 saturated heterocycles. The molecule has 6 nitrogen and oxygen atoms in total. The summed E-state index contributed by atoms with van der Waals surface area (Å²) in [6.07, 6.45) is 1.94. The fraction of sp³-hybridized carbons (Fsp3) is 0.429. The Kier molecular flexibility index (Phi) is 3.10. The highest BCUT2D eigenvalue weighted by Crippen LogP contribution is 2.24. The van der Waals surface area contributed by atoms with Crippen LogP contribution in [-0.2, 0) is 4.74 Å². The number of rotatable bonds is 3. The summed E-state index contributed by atoms with van der Waals surface area (Å²) in [5.74, 6) is -0.810. The second-order valence-electron chi connectivity index (χ2n) is 5.28. The Morgan fingerprint density at radius 3 is 3.10 bits per heavy atom. The Morgan fingerprint density at radius 1 is 1.50 bits per heavy atom. The van der Waals surface area contributed by atoms with Crippen molar-refractivity contribution < 1.29 is 13.9 Å². The lowest BCUT2D eigenvalue weighted by atomic mass is 10.0. The van der Waals surface area contributed by atoms with Crippen LogP contribution in [0.3, 0.4) is 0 Å². The summed E-state index contributed by atoms with van der Waals surface area (Å²) in [6.45, 7) is 3.17. The molecule has 1 amide bonds. The first kappa shape index (κ1) is 12.9. The molecule has 6 heteroatoms. The van der Waals surface area contributed by atoms with Gasteiger partial charge >= 0.3 is 5.76 Å². The lowest BCUT2D eigenvalue weighted by Crippen LogP contribution is -2.40. The van der Waals surface area contributed by atoms with E-state index in [9.17, 15) is 9.59 Å². The zero-order valence-electron chi connectivity index (χ0n) is 11.2. The Hall–Kier alpha value is -2.08. The van der Waals surface area contributed by atoms with E-state index < -0.39 is 5.76 Å². The van der Waals surface area contributed by atoms with Crippen LogP contribution in [0.4, 0.5) is 0 Å². The zero-order chi connectivity index (χ0) is 14.2. The van der Waals surface area contributed by atoms with Crippen molar-refractivity contribution in [3.63, 3.8) is 0 Å². The molecule has 2 heterocycles. The van der Waals surface area contributed by atoms with Crippen molar-refractivity contribution in [2.75, 3.05) is 13.2 Å². The van der Waals surface area contributed by atoms with E-state index in [-0.39, 0.29) is 11.5 Å². The summed E-state index contributed by atoms with van der Waals surface area (Å²) in [5.41, 5.74) is 0.904. The third-order valence-corrected chi connectivity index (χ3v) is 3.62. The van der Waals surface area contributed by atoms with Gasteiger partial charge in [0.05, 0.1) is 16.7 Å². The predicted octanol–water partition coefficient (Wildman–Crippen LogP) is 1.42. The van der Waals surface area contributed by atoms with Crippen LogP contribution in [-0.4, -0.2) is 29.6 Å². The molecule has 0 saturated carbocycles. The van der Waals surface area contributed by atoms with Crippen LogP contribution >= 0.6 is 0 Å². The van der Waals surface area contributed by atoms with Gasteiger partial charge in [0.15, 0.2) is 5.58 Å². The topological polar surface area (TPSA) is 84.3 Å². The molecule has 106 valence electrons. The number of hydrogen-bond donors (Lipinski definition) is 2. The number of benzene rings is 1. The highest BCUT2D eigenvalue weighted by Gasteiger charge is 2.30. The summed E-state index contributed by atoms with van der Waals surface area (Å²) in [5, 5.41) is 2.86. The van der Waals surface area contributed by atoms with Crippen molar-refractivity contribution in [3.8, 4) is 0 Å². The van der Waals surface area contributed by atoms with Crippen LogP contribution in [0, 0.1) is 0 Å². The van der Waals surface area contributed by atoms with Crippen LogP contribution in [0.1, 0.15) is 30.1 Å². The second-order valence-corrected chi connectivity index (χ2v) is 5.28. The van der Waals surface area contributed by atoms with Gasteiger partial charge in [0, 0.05) is 13.2 Å². The van der Waals surface area contributed by atoms with Crippen molar-refractivity contribution in [2.24, 2.45) is 0 Å². The standard InChI is InChI=1S/C14H16N2O4/c1-14(6-3-7-19-14)8-15-12(17)9-4-2-5-10-11(9)16-13(18)20-10/h2,4-5H,3,6-8H2,1H3,(H,15,17)(H,16,18). The molecule has 1 aromatic carbocycles. The molecule has 0 aliphatic carbocycles.